The molecule has 114 valence electrons. The van der Waals surface area contributed by atoms with Crippen LogP contribution < -0.4 is 10.5 Å². The van der Waals surface area contributed by atoms with Crippen LogP contribution in [0.3, 0.4) is 0 Å². The molecular formula is C14H24N2O2S2. The smallest absolute Gasteiger partial charge is 0.250 e. The summed E-state index contributed by atoms with van der Waals surface area (Å²) in [6.45, 7) is 2.69. The molecule has 1 aliphatic rings. The summed E-state index contributed by atoms with van der Waals surface area (Å²) in [6.07, 6.45) is 6.32. The summed E-state index contributed by atoms with van der Waals surface area (Å²) in [7, 11) is -3.38. The van der Waals surface area contributed by atoms with E-state index in [1.54, 1.807) is 6.07 Å². The highest BCUT2D eigenvalue weighted by molar-refractivity contribution is 7.91. The van der Waals surface area contributed by atoms with Crippen LogP contribution in [0.15, 0.2) is 16.3 Å². The van der Waals surface area contributed by atoms with Gasteiger partial charge in [0, 0.05) is 10.9 Å². The summed E-state index contributed by atoms with van der Waals surface area (Å²) in [4.78, 5) is 1.03. The van der Waals surface area contributed by atoms with Gasteiger partial charge in [0.1, 0.15) is 4.21 Å². The molecule has 0 aromatic carbocycles. The van der Waals surface area contributed by atoms with Crippen molar-refractivity contribution in [2.75, 3.05) is 6.54 Å². The Balaban J connectivity index is 2.08. The topological polar surface area (TPSA) is 72.2 Å². The van der Waals surface area contributed by atoms with Gasteiger partial charge in [-0.1, -0.05) is 26.2 Å². The molecule has 0 spiro atoms. The van der Waals surface area contributed by atoms with Gasteiger partial charge in [0.15, 0.2) is 0 Å². The van der Waals surface area contributed by atoms with Crippen molar-refractivity contribution in [3.05, 3.63) is 17.0 Å². The van der Waals surface area contributed by atoms with Crippen molar-refractivity contribution < 1.29 is 8.42 Å². The second kappa shape index (κ2) is 7.02. The molecule has 1 heterocycles. The Morgan fingerprint density at radius 3 is 2.80 bits per heavy atom. The van der Waals surface area contributed by atoms with E-state index in [1.165, 1.54) is 24.2 Å². The molecule has 4 nitrogen and oxygen atoms in total. The predicted molar refractivity (Wildman–Crippen MR) is 83.4 cm³/mol. The molecule has 2 atom stereocenters. The maximum Gasteiger partial charge on any atom is 0.250 e. The number of rotatable bonds is 5. The van der Waals surface area contributed by atoms with Crippen molar-refractivity contribution in [2.24, 2.45) is 11.7 Å². The van der Waals surface area contributed by atoms with E-state index in [4.69, 9.17) is 5.73 Å². The number of nitrogens with two attached hydrogens (primary N) is 1. The van der Waals surface area contributed by atoms with Crippen LogP contribution >= 0.6 is 11.3 Å². The zero-order valence-corrected chi connectivity index (χ0v) is 13.6. The highest BCUT2D eigenvalue weighted by atomic mass is 32.2. The molecule has 1 fully saturated rings. The molecule has 1 aromatic heterocycles. The number of hydrogen-bond acceptors (Lipinski definition) is 4. The molecule has 0 radical (unpaired) electrons. The van der Waals surface area contributed by atoms with E-state index in [1.807, 2.05) is 6.07 Å². The summed E-state index contributed by atoms with van der Waals surface area (Å²) >= 11 is 1.33. The van der Waals surface area contributed by atoms with Crippen LogP contribution in [0.1, 0.15) is 43.9 Å². The summed E-state index contributed by atoms with van der Waals surface area (Å²) in [6, 6.07) is 3.63. The molecule has 1 saturated carbocycles. The van der Waals surface area contributed by atoms with E-state index in [0.29, 0.717) is 16.7 Å². The van der Waals surface area contributed by atoms with Crippen molar-refractivity contribution in [3.63, 3.8) is 0 Å². The lowest BCUT2D eigenvalue weighted by Crippen LogP contribution is -2.38. The monoisotopic (exact) mass is 316 g/mol. The molecule has 3 N–H and O–H groups in total. The first-order chi connectivity index (χ1) is 9.53. The lowest BCUT2D eigenvalue weighted by atomic mass is 9.98. The van der Waals surface area contributed by atoms with Gasteiger partial charge in [-0.05, 0) is 43.9 Å². The fourth-order valence-electron chi connectivity index (χ4n) is 2.70. The molecule has 0 bridgehead atoms. The Morgan fingerprint density at radius 1 is 1.30 bits per heavy atom. The van der Waals surface area contributed by atoms with E-state index in [0.717, 1.165) is 30.6 Å². The summed E-state index contributed by atoms with van der Waals surface area (Å²) in [5, 5.41) is 0. The van der Waals surface area contributed by atoms with Crippen molar-refractivity contribution in [1.29, 1.82) is 0 Å². The Morgan fingerprint density at radius 2 is 2.05 bits per heavy atom. The van der Waals surface area contributed by atoms with E-state index in [2.05, 4.69) is 11.6 Å². The van der Waals surface area contributed by atoms with E-state index >= 15 is 0 Å². The Bertz CT molecular complexity index is 525. The zero-order valence-electron chi connectivity index (χ0n) is 12.0. The van der Waals surface area contributed by atoms with Gasteiger partial charge < -0.3 is 5.73 Å². The van der Waals surface area contributed by atoms with Gasteiger partial charge in [-0.2, -0.15) is 0 Å². The Kier molecular flexibility index (Phi) is 5.60. The van der Waals surface area contributed by atoms with Crippen LogP contribution in [0.5, 0.6) is 0 Å². The largest absolute Gasteiger partial charge is 0.330 e. The average Bonchev–Trinajstić information content (AvgIpc) is 2.78. The third-order valence-electron chi connectivity index (χ3n) is 3.96. The lowest BCUT2D eigenvalue weighted by Gasteiger charge is -2.22. The summed E-state index contributed by atoms with van der Waals surface area (Å²) in [5.41, 5.74) is 5.51. The second-order valence-corrected chi connectivity index (χ2v) is 8.71. The van der Waals surface area contributed by atoms with Crippen LogP contribution in [-0.2, 0) is 16.4 Å². The standard InChI is InChI=1S/C14H24N2O2S2/c1-11-5-3-2-4-6-13(11)16-20(17,18)14-8-7-12(19-14)9-10-15/h7-8,11,13,16H,2-6,9-10,15H2,1H3. The minimum Gasteiger partial charge on any atom is -0.330 e. The molecule has 0 aliphatic heterocycles. The van der Waals surface area contributed by atoms with Crippen molar-refractivity contribution >= 4 is 21.4 Å². The van der Waals surface area contributed by atoms with Crippen LogP contribution in [0.4, 0.5) is 0 Å². The molecule has 2 rings (SSSR count). The molecule has 1 aromatic rings. The molecule has 20 heavy (non-hydrogen) atoms. The highest BCUT2D eigenvalue weighted by Gasteiger charge is 2.26. The maximum atomic E-state index is 12.4. The van der Waals surface area contributed by atoms with Gasteiger partial charge in [-0.15, -0.1) is 11.3 Å². The van der Waals surface area contributed by atoms with Gasteiger partial charge in [0.05, 0.1) is 0 Å². The minimum atomic E-state index is -3.38. The first-order valence-corrected chi connectivity index (χ1v) is 9.64. The van der Waals surface area contributed by atoms with Crippen LogP contribution in [-0.4, -0.2) is 21.0 Å². The molecule has 0 amide bonds. The third kappa shape index (κ3) is 4.04. The van der Waals surface area contributed by atoms with Gasteiger partial charge >= 0.3 is 0 Å². The van der Waals surface area contributed by atoms with E-state index in [-0.39, 0.29) is 6.04 Å². The maximum absolute atomic E-state index is 12.4. The predicted octanol–water partition coefficient (Wildman–Crippen LogP) is 2.50. The molecule has 0 saturated heterocycles. The van der Waals surface area contributed by atoms with Crippen molar-refractivity contribution in [2.45, 2.75) is 55.7 Å². The lowest BCUT2D eigenvalue weighted by molar-refractivity contribution is 0.400. The van der Waals surface area contributed by atoms with Gasteiger partial charge in [-0.3, -0.25) is 0 Å². The normalized spacial score (nSPS) is 24.5. The third-order valence-corrected chi connectivity index (χ3v) is 7.09. The number of thiophene rings is 1. The molecule has 1 aliphatic carbocycles. The number of nitrogens with one attached hydrogen (secondary N) is 1. The fraction of sp³-hybridized carbons (Fsp3) is 0.714. The van der Waals surface area contributed by atoms with Crippen molar-refractivity contribution in [1.82, 2.24) is 4.72 Å². The van der Waals surface area contributed by atoms with E-state index in [9.17, 15) is 8.42 Å². The van der Waals surface area contributed by atoms with Gasteiger partial charge in [-0.25, -0.2) is 13.1 Å². The first kappa shape index (κ1) is 15.9. The van der Waals surface area contributed by atoms with Crippen LogP contribution in [0.2, 0.25) is 0 Å². The Labute approximate surface area is 125 Å². The quantitative estimate of drug-likeness (QED) is 0.820. The van der Waals surface area contributed by atoms with Gasteiger partial charge in [0.2, 0.25) is 10.0 Å². The SMILES string of the molecule is CC1CCCCCC1NS(=O)(=O)c1ccc(CCN)s1. The molecular weight excluding hydrogens is 292 g/mol. The number of sulfonamides is 1. The van der Waals surface area contributed by atoms with Crippen molar-refractivity contribution in [3.8, 4) is 0 Å². The number of hydrogen-bond donors (Lipinski definition) is 2. The summed E-state index contributed by atoms with van der Waals surface area (Å²) < 4.78 is 28.2. The van der Waals surface area contributed by atoms with E-state index < -0.39 is 10.0 Å². The minimum absolute atomic E-state index is 0.0718. The first-order valence-electron chi connectivity index (χ1n) is 7.34. The van der Waals surface area contributed by atoms with Gasteiger partial charge in [0.25, 0.3) is 0 Å². The second-order valence-electron chi connectivity index (χ2n) is 5.60. The average molecular weight is 316 g/mol. The van der Waals surface area contributed by atoms with Crippen LogP contribution in [0, 0.1) is 5.92 Å². The highest BCUT2D eigenvalue weighted by Crippen LogP contribution is 2.26. The summed E-state index contributed by atoms with van der Waals surface area (Å²) in [5.74, 6) is 0.413. The molecule has 6 heteroatoms. The van der Waals surface area contributed by atoms with Crippen LogP contribution in [0.25, 0.3) is 0 Å². The zero-order chi connectivity index (χ0) is 14.6. The fourth-order valence-corrected chi connectivity index (χ4v) is 5.47. The molecule has 2 unspecified atom stereocenters. The Hall–Kier alpha value is -0.430.